The molecule has 3 aliphatic heterocycles. The number of carbonyl (C=O) groups is 1. The SMILES string of the molecule is CO[C@@H]1[C@@H](n2cc(-c3cc(F)c(F)c(F)c3)nn2)[C@@H](O)[C@@H](CO)O[C@H]1S[C@H](C(=O)N1CCC(F)(F)CC1)C1(O)CCC2(CCOCC2)CC1. The molecule has 0 bridgehead atoms. The van der Waals surface area contributed by atoms with Crippen LogP contribution in [0.4, 0.5) is 22.0 Å². The van der Waals surface area contributed by atoms with Gasteiger partial charge in [0.15, 0.2) is 17.5 Å². The number of ether oxygens (including phenoxy) is 3. The molecular weight excluding hydrogens is 679 g/mol. The summed E-state index contributed by atoms with van der Waals surface area (Å²) in [7, 11) is 1.33. The predicted molar refractivity (Wildman–Crippen MR) is 165 cm³/mol. The lowest BCUT2D eigenvalue weighted by Gasteiger charge is -2.50. The van der Waals surface area contributed by atoms with Gasteiger partial charge in [0.25, 0.3) is 5.92 Å². The van der Waals surface area contributed by atoms with Crippen molar-refractivity contribution in [1.82, 2.24) is 19.9 Å². The van der Waals surface area contributed by atoms with E-state index in [4.69, 9.17) is 14.2 Å². The van der Waals surface area contributed by atoms with Crippen molar-refractivity contribution in [2.45, 2.75) is 97.9 Å². The van der Waals surface area contributed by atoms with Crippen LogP contribution in [-0.4, -0.2) is 122 Å². The number of nitrogens with zero attached hydrogens (tertiary/aromatic N) is 4. The predicted octanol–water partition coefficient (Wildman–Crippen LogP) is 3.46. The van der Waals surface area contributed by atoms with Crippen LogP contribution in [0.5, 0.6) is 0 Å². The van der Waals surface area contributed by atoms with Gasteiger partial charge in [-0.25, -0.2) is 26.6 Å². The fourth-order valence-electron chi connectivity index (χ4n) is 7.53. The number of amides is 1. The van der Waals surface area contributed by atoms with E-state index in [0.717, 1.165) is 36.7 Å². The van der Waals surface area contributed by atoms with Crippen LogP contribution in [0.25, 0.3) is 11.3 Å². The number of piperidine rings is 1. The van der Waals surface area contributed by atoms with Crippen molar-refractivity contribution in [3.05, 3.63) is 35.8 Å². The summed E-state index contributed by atoms with van der Waals surface area (Å²) in [4.78, 5) is 15.6. The van der Waals surface area contributed by atoms with E-state index in [1.165, 1.54) is 22.9 Å². The topological polar surface area (TPSA) is 139 Å². The summed E-state index contributed by atoms with van der Waals surface area (Å²) >= 11 is 0.944. The lowest BCUT2D eigenvalue weighted by molar-refractivity contribution is -0.186. The van der Waals surface area contributed by atoms with E-state index in [-0.39, 0.29) is 42.6 Å². The lowest BCUT2D eigenvalue weighted by atomic mass is 9.64. The van der Waals surface area contributed by atoms with Gasteiger partial charge in [-0.1, -0.05) is 5.21 Å². The molecule has 6 rings (SSSR count). The second-order valence-electron chi connectivity index (χ2n) is 13.7. The molecule has 17 heteroatoms. The van der Waals surface area contributed by atoms with Crippen molar-refractivity contribution in [3.63, 3.8) is 0 Å². The van der Waals surface area contributed by atoms with E-state index < -0.39 is 89.4 Å². The first kappa shape index (κ1) is 36.4. The molecule has 1 aliphatic carbocycles. The first-order chi connectivity index (χ1) is 23.3. The maximum absolute atomic E-state index is 14.2. The molecule has 1 aromatic heterocycles. The zero-order valence-corrected chi connectivity index (χ0v) is 27.8. The fraction of sp³-hybridized carbons (Fsp3) is 0.719. The third-order valence-corrected chi connectivity index (χ3v) is 12.3. The number of carbonyl (C=O) groups excluding carboxylic acids is 1. The van der Waals surface area contributed by atoms with Crippen LogP contribution in [0.2, 0.25) is 0 Å². The van der Waals surface area contributed by atoms with Gasteiger partial charge >= 0.3 is 0 Å². The summed E-state index contributed by atoms with van der Waals surface area (Å²) in [6.45, 7) is 0.198. The number of likely N-dealkylation sites (tertiary alicyclic amines) is 1. The maximum atomic E-state index is 14.2. The molecule has 3 saturated heterocycles. The number of rotatable bonds is 8. The van der Waals surface area contributed by atoms with Crippen LogP contribution in [0.15, 0.2) is 18.3 Å². The van der Waals surface area contributed by atoms with Crippen LogP contribution < -0.4 is 0 Å². The minimum absolute atomic E-state index is 0.0231. The largest absolute Gasteiger partial charge is 0.394 e. The molecule has 4 aliphatic rings. The quantitative estimate of drug-likeness (QED) is 0.275. The molecule has 2 aromatic rings. The second-order valence-corrected chi connectivity index (χ2v) is 14.9. The number of methoxy groups -OCH3 is 1. The third-order valence-electron chi connectivity index (χ3n) is 10.7. The molecule has 1 aromatic carbocycles. The Hall–Kier alpha value is -2.41. The van der Waals surface area contributed by atoms with E-state index in [9.17, 15) is 42.1 Å². The zero-order chi connectivity index (χ0) is 35.1. The van der Waals surface area contributed by atoms with Crippen LogP contribution >= 0.6 is 11.8 Å². The Kier molecular flexibility index (Phi) is 10.6. The highest BCUT2D eigenvalue weighted by molar-refractivity contribution is 8.01. The van der Waals surface area contributed by atoms with Crippen LogP contribution in [0.3, 0.4) is 0 Å². The highest BCUT2D eigenvalue weighted by atomic mass is 32.2. The highest BCUT2D eigenvalue weighted by Crippen LogP contribution is 2.51. The average Bonchev–Trinajstić information content (AvgIpc) is 3.57. The summed E-state index contributed by atoms with van der Waals surface area (Å²) in [6, 6.07) is 0.372. The molecule has 1 spiro atoms. The Labute approximate surface area is 284 Å². The number of alkyl halides is 2. The standard InChI is InChI=1S/C32H41F5N4O7S/c1-46-26-24(41-16-21(38-39-41)18-14-19(33)23(35)20(34)15-18)25(43)22(17-42)48-29(26)49-27(28(44)40-10-6-32(36,37)7-11-40)31(45)4-2-30(3-5-31)8-12-47-13-9-30/h14-16,22,24-27,29,42-43,45H,2-13,17H2,1H3/t22-,24+,25+,26-,27-,29+/m1/s1. The lowest BCUT2D eigenvalue weighted by Crippen LogP contribution is -2.59. The van der Waals surface area contributed by atoms with Crippen molar-refractivity contribution < 1.29 is 56.3 Å². The molecule has 11 nitrogen and oxygen atoms in total. The Balaban J connectivity index is 1.30. The number of halogens is 5. The Morgan fingerprint density at radius 3 is 2.29 bits per heavy atom. The molecular formula is C32H41F5N4O7S. The average molecular weight is 721 g/mol. The summed E-state index contributed by atoms with van der Waals surface area (Å²) < 4.78 is 88.4. The third kappa shape index (κ3) is 7.35. The van der Waals surface area contributed by atoms with Gasteiger partial charge in [0.2, 0.25) is 5.91 Å². The first-order valence-corrected chi connectivity index (χ1v) is 17.4. The van der Waals surface area contributed by atoms with E-state index in [1.807, 2.05) is 0 Å². The van der Waals surface area contributed by atoms with Crippen molar-refractivity contribution in [1.29, 1.82) is 0 Å². The Morgan fingerprint density at radius 2 is 1.69 bits per heavy atom. The molecule has 0 unspecified atom stereocenters. The molecule has 4 fully saturated rings. The molecule has 49 heavy (non-hydrogen) atoms. The molecule has 1 saturated carbocycles. The summed E-state index contributed by atoms with van der Waals surface area (Å²) in [5.41, 5.74) is -2.84. The molecule has 3 N–H and O–H groups in total. The maximum Gasteiger partial charge on any atom is 0.251 e. The van der Waals surface area contributed by atoms with Crippen LogP contribution in [0.1, 0.15) is 57.4 Å². The number of hydrogen-bond acceptors (Lipinski definition) is 10. The van der Waals surface area contributed by atoms with E-state index in [0.29, 0.717) is 26.1 Å². The van der Waals surface area contributed by atoms with Gasteiger partial charge in [0, 0.05) is 51.8 Å². The highest BCUT2D eigenvalue weighted by Gasteiger charge is 2.55. The van der Waals surface area contributed by atoms with Gasteiger partial charge in [0.1, 0.15) is 40.7 Å². The normalized spacial score (nSPS) is 30.3. The first-order valence-electron chi connectivity index (χ1n) is 16.4. The summed E-state index contributed by atoms with van der Waals surface area (Å²) in [6.07, 6.45) is -0.000222. The number of benzene rings is 1. The fourth-order valence-corrected chi connectivity index (χ4v) is 9.19. The van der Waals surface area contributed by atoms with E-state index in [1.54, 1.807) is 0 Å². The Bertz CT molecular complexity index is 1450. The van der Waals surface area contributed by atoms with E-state index >= 15 is 0 Å². The smallest absolute Gasteiger partial charge is 0.251 e. The molecule has 272 valence electrons. The van der Waals surface area contributed by atoms with Gasteiger partial charge in [-0.05, 0) is 56.1 Å². The minimum atomic E-state index is -2.90. The van der Waals surface area contributed by atoms with Crippen LogP contribution in [-0.2, 0) is 19.0 Å². The second kappa shape index (κ2) is 14.3. The molecule has 6 atom stereocenters. The van der Waals surface area contributed by atoms with Crippen molar-refractivity contribution in [2.24, 2.45) is 5.41 Å². The van der Waals surface area contributed by atoms with Crippen molar-refractivity contribution in [2.75, 3.05) is 40.0 Å². The number of aromatic nitrogens is 3. The van der Waals surface area contributed by atoms with Gasteiger partial charge in [-0.3, -0.25) is 4.79 Å². The van der Waals surface area contributed by atoms with Crippen LogP contribution in [0, 0.1) is 22.9 Å². The number of aliphatic hydroxyl groups is 3. The molecule has 0 radical (unpaired) electrons. The van der Waals surface area contributed by atoms with Crippen molar-refractivity contribution in [3.8, 4) is 11.3 Å². The molecule has 1 amide bonds. The molecule has 4 heterocycles. The monoisotopic (exact) mass is 720 g/mol. The Morgan fingerprint density at radius 1 is 1.06 bits per heavy atom. The number of aliphatic hydroxyl groups excluding tert-OH is 2. The number of thioether (sulfide) groups is 1. The van der Waals surface area contributed by atoms with Gasteiger partial charge in [0.05, 0.1) is 18.4 Å². The summed E-state index contributed by atoms with van der Waals surface area (Å²) in [5, 5.41) is 40.6. The van der Waals surface area contributed by atoms with Crippen molar-refractivity contribution >= 4 is 17.7 Å². The zero-order valence-electron chi connectivity index (χ0n) is 27.0. The minimum Gasteiger partial charge on any atom is -0.394 e. The summed E-state index contributed by atoms with van der Waals surface area (Å²) in [5.74, 6) is -7.93. The van der Waals surface area contributed by atoms with Gasteiger partial charge in [-0.15, -0.1) is 16.9 Å². The number of hydrogen-bond donors (Lipinski definition) is 3. The van der Waals surface area contributed by atoms with Gasteiger partial charge < -0.3 is 34.4 Å². The van der Waals surface area contributed by atoms with E-state index in [2.05, 4.69) is 10.3 Å². The van der Waals surface area contributed by atoms with Gasteiger partial charge in [-0.2, -0.15) is 0 Å².